The summed E-state index contributed by atoms with van der Waals surface area (Å²) in [6.45, 7) is 10.9. The lowest BCUT2D eigenvalue weighted by Crippen LogP contribution is -2.46. The van der Waals surface area contributed by atoms with Gasteiger partial charge in [-0.3, -0.25) is 0 Å². The maximum atomic E-state index is 14.8. The number of nitrogens with zero attached hydrogens (tertiary/aromatic N) is 3. The van der Waals surface area contributed by atoms with Gasteiger partial charge in [0.2, 0.25) is 6.79 Å². The third kappa shape index (κ3) is 5.43. The van der Waals surface area contributed by atoms with Crippen LogP contribution in [0.4, 0.5) is 10.1 Å². The molecule has 0 amide bonds. The third-order valence-corrected chi connectivity index (χ3v) is 5.83. The van der Waals surface area contributed by atoms with Crippen molar-refractivity contribution in [3.8, 4) is 11.5 Å². The molecule has 2 aliphatic heterocycles. The fourth-order valence-corrected chi connectivity index (χ4v) is 3.96. The lowest BCUT2D eigenvalue weighted by atomic mass is 10.1. The van der Waals surface area contributed by atoms with Gasteiger partial charge in [-0.25, -0.2) is 9.38 Å². The van der Waals surface area contributed by atoms with E-state index in [-0.39, 0.29) is 12.6 Å². The Labute approximate surface area is 189 Å². The van der Waals surface area contributed by atoms with Crippen LogP contribution in [0.15, 0.2) is 41.4 Å². The lowest BCUT2D eigenvalue weighted by molar-refractivity contribution is 0.174. The molecule has 0 unspecified atom stereocenters. The maximum absolute atomic E-state index is 14.8. The van der Waals surface area contributed by atoms with Gasteiger partial charge in [-0.1, -0.05) is 19.1 Å². The van der Waals surface area contributed by atoms with Crippen LogP contribution in [-0.4, -0.2) is 56.9 Å². The molecule has 2 N–H and O–H groups in total. The summed E-state index contributed by atoms with van der Waals surface area (Å²) < 4.78 is 25.6. The summed E-state index contributed by atoms with van der Waals surface area (Å²) in [5.74, 6) is 2.04. The Balaban J connectivity index is 1.36. The van der Waals surface area contributed by atoms with Gasteiger partial charge >= 0.3 is 0 Å². The molecule has 7 nitrogen and oxygen atoms in total. The molecule has 8 heteroatoms. The van der Waals surface area contributed by atoms with Crippen LogP contribution in [0.1, 0.15) is 25.0 Å². The molecule has 0 spiro atoms. The minimum atomic E-state index is -0.180. The zero-order valence-electron chi connectivity index (χ0n) is 18.9. The number of hydrogen-bond donors (Lipinski definition) is 2. The molecule has 1 saturated heterocycles. The van der Waals surface area contributed by atoms with Crippen LogP contribution in [0.25, 0.3) is 0 Å². The molecule has 0 saturated carbocycles. The smallest absolute Gasteiger partial charge is 0.231 e. The first-order valence-electron chi connectivity index (χ1n) is 11.3. The molecule has 2 aliphatic rings. The van der Waals surface area contributed by atoms with E-state index < -0.39 is 0 Å². The molecule has 2 aromatic rings. The van der Waals surface area contributed by atoms with E-state index in [4.69, 9.17) is 9.47 Å². The number of nitrogens with one attached hydrogen (secondary N) is 2. The number of anilines is 1. The second kappa shape index (κ2) is 10.5. The topological polar surface area (TPSA) is 61.4 Å². The first-order chi connectivity index (χ1) is 15.7. The number of fused-ring (bicyclic) bond motifs is 1. The first-order valence-corrected chi connectivity index (χ1v) is 11.3. The van der Waals surface area contributed by atoms with Crippen molar-refractivity contribution in [2.24, 2.45) is 4.99 Å². The van der Waals surface area contributed by atoms with Crippen molar-refractivity contribution in [1.29, 1.82) is 0 Å². The van der Waals surface area contributed by atoms with Crippen LogP contribution in [-0.2, 0) is 13.1 Å². The van der Waals surface area contributed by atoms with Crippen molar-refractivity contribution in [3.63, 3.8) is 0 Å². The summed E-state index contributed by atoms with van der Waals surface area (Å²) in [6.07, 6.45) is 0. The Hall–Kier alpha value is -3.00. The van der Waals surface area contributed by atoms with Gasteiger partial charge in [0.25, 0.3) is 0 Å². The summed E-state index contributed by atoms with van der Waals surface area (Å²) in [6, 6.07) is 11.3. The first kappa shape index (κ1) is 22.2. The molecule has 0 atom stereocenters. The molecule has 0 bridgehead atoms. The summed E-state index contributed by atoms with van der Waals surface area (Å²) in [4.78, 5) is 9.14. The second-order valence-electron chi connectivity index (χ2n) is 7.94. The Morgan fingerprint density at radius 1 is 0.969 bits per heavy atom. The van der Waals surface area contributed by atoms with Crippen molar-refractivity contribution in [3.05, 3.63) is 53.3 Å². The highest BCUT2D eigenvalue weighted by Gasteiger charge is 2.18. The van der Waals surface area contributed by atoms with Crippen LogP contribution >= 0.6 is 0 Å². The molecule has 4 rings (SSSR count). The number of rotatable bonds is 7. The molecule has 32 heavy (non-hydrogen) atoms. The van der Waals surface area contributed by atoms with E-state index >= 15 is 0 Å². The minimum absolute atomic E-state index is 0.180. The number of hydrogen-bond acceptors (Lipinski definition) is 5. The van der Waals surface area contributed by atoms with Crippen molar-refractivity contribution in [2.45, 2.75) is 26.9 Å². The second-order valence-corrected chi connectivity index (χ2v) is 7.94. The van der Waals surface area contributed by atoms with E-state index in [1.54, 1.807) is 6.07 Å². The third-order valence-electron chi connectivity index (χ3n) is 5.83. The van der Waals surface area contributed by atoms with Crippen LogP contribution < -0.4 is 25.0 Å². The van der Waals surface area contributed by atoms with Crippen molar-refractivity contribution in [1.82, 2.24) is 15.5 Å². The van der Waals surface area contributed by atoms with Gasteiger partial charge in [-0.2, -0.15) is 0 Å². The Morgan fingerprint density at radius 2 is 1.75 bits per heavy atom. The molecular formula is C24H32FN5O2. The zero-order valence-corrected chi connectivity index (χ0v) is 18.9. The monoisotopic (exact) mass is 441 g/mol. The maximum Gasteiger partial charge on any atom is 0.231 e. The Bertz CT molecular complexity index is 944. The summed E-state index contributed by atoms with van der Waals surface area (Å²) in [5, 5.41) is 6.56. The fraction of sp³-hybridized carbons (Fsp3) is 0.458. The fourth-order valence-electron chi connectivity index (χ4n) is 3.96. The number of likely N-dealkylation sites (N-methyl/N-ethyl adjacent to an activating group) is 1. The van der Waals surface area contributed by atoms with E-state index in [2.05, 4.69) is 32.3 Å². The molecular weight excluding hydrogens is 409 g/mol. The van der Waals surface area contributed by atoms with Crippen LogP contribution in [0.3, 0.4) is 0 Å². The van der Waals surface area contributed by atoms with Gasteiger partial charge in [0.1, 0.15) is 5.82 Å². The van der Waals surface area contributed by atoms with Crippen LogP contribution in [0.2, 0.25) is 0 Å². The molecule has 1 fully saturated rings. The molecule has 0 radical (unpaired) electrons. The summed E-state index contributed by atoms with van der Waals surface area (Å²) in [5.41, 5.74) is 2.60. The van der Waals surface area contributed by atoms with Crippen molar-refractivity contribution >= 4 is 11.6 Å². The standard InChI is InChI=1S/C24H32FN5O2/c1-3-26-24(28-16-19-6-8-22-23(14-19)32-17-31-22)27-15-18-5-7-21(20(25)13-18)30-11-9-29(4-2)10-12-30/h5-8,13-14H,3-4,9-12,15-17H2,1-2H3,(H2,26,27,28). The quantitative estimate of drug-likeness (QED) is 0.509. The highest BCUT2D eigenvalue weighted by molar-refractivity contribution is 5.79. The average Bonchev–Trinajstić information content (AvgIpc) is 3.29. The molecule has 0 aliphatic carbocycles. The predicted octanol–water partition coefficient (Wildman–Crippen LogP) is 2.95. The number of piperazine rings is 1. The van der Waals surface area contributed by atoms with Crippen LogP contribution in [0.5, 0.6) is 11.5 Å². The van der Waals surface area contributed by atoms with Crippen LogP contribution in [0, 0.1) is 5.82 Å². The van der Waals surface area contributed by atoms with Crippen molar-refractivity contribution < 1.29 is 13.9 Å². The Kier molecular flexibility index (Phi) is 7.32. The molecule has 2 aromatic carbocycles. The van der Waals surface area contributed by atoms with Crippen molar-refractivity contribution in [2.75, 3.05) is 51.0 Å². The van der Waals surface area contributed by atoms with E-state index in [0.29, 0.717) is 24.7 Å². The number of ether oxygens (including phenoxy) is 2. The van der Waals surface area contributed by atoms with E-state index in [9.17, 15) is 4.39 Å². The normalized spacial score (nSPS) is 16.3. The van der Waals surface area contributed by atoms with Gasteiger partial charge in [0, 0.05) is 39.3 Å². The summed E-state index contributed by atoms with van der Waals surface area (Å²) >= 11 is 0. The predicted molar refractivity (Wildman–Crippen MR) is 125 cm³/mol. The van der Waals surface area contributed by atoms with E-state index in [0.717, 1.165) is 61.9 Å². The number of guanidine groups is 1. The van der Waals surface area contributed by atoms with Gasteiger partial charge in [0.15, 0.2) is 17.5 Å². The highest BCUT2D eigenvalue weighted by Crippen LogP contribution is 2.32. The van der Waals surface area contributed by atoms with Gasteiger partial charge in [-0.05, 0) is 48.9 Å². The molecule has 172 valence electrons. The van der Waals surface area contributed by atoms with Gasteiger partial charge < -0.3 is 29.9 Å². The zero-order chi connectivity index (χ0) is 22.3. The molecule has 0 aromatic heterocycles. The van der Waals surface area contributed by atoms with Gasteiger partial charge in [0.05, 0.1) is 12.2 Å². The minimum Gasteiger partial charge on any atom is -0.454 e. The highest BCUT2D eigenvalue weighted by atomic mass is 19.1. The molecule has 2 heterocycles. The van der Waals surface area contributed by atoms with Gasteiger partial charge in [-0.15, -0.1) is 0 Å². The lowest BCUT2D eigenvalue weighted by Gasteiger charge is -2.35. The Morgan fingerprint density at radius 3 is 2.50 bits per heavy atom. The van der Waals surface area contributed by atoms with E-state index in [1.807, 2.05) is 37.3 Å². The summed E-state index contributed by atoms with van der Waals surface area (Å²) in [7, 11) is 0. The van der Waals surface area contributed by atoms with E-state index in [1.165, 1.54) is 0 Å². The largest absolute Gasteiger partial charge is 0.454 e. The number of halogens is 1. The number of aliphatic imine (C=N–C) groups is 1. The average molecular weight is 442 g/mol. The number of benzene rings is 2. The SMILES string of the molecule is CCNC(=NCc1ccc(N2CCN(CC)CC2)c(F)c1)NCc1ccc2c(c1)OCO2.